The van der Waals surface area contributed by atoms with Crippen molar-refractivity contribution in [3.63, 3.8) is 0 Å². The lowest BCUT2D eigenvalue weighted by molar-refractivity contribution is 0.0909. The number of benzene rings is 1. The largest absolute Gasteiger partial charge is 0.492 e. The molecule has 2 amide bonds. The lowest BCUT2D eigenvalue weighted by Gasteiger charge is -2.30. The Balaban J connectivity index is 1.29. The standard InChI is InChI=1S/C25H27N5O6/c31-24(29-15-6-8-30(9-7-15)25(32)33)16-10-26-22-20(16)27-12-28-21(22)19-17(34-11-14-2-1-3-14)4-5-18-23(19)36-13-35-18/h4-5,10,12,14-15,26H,1-3,6-9,11,13H2,(H,29,31)(H,32,33). The number of carboxylic acid groups (broad SMARTS) is 1. The maximum atomic E-state index is 13.1. The lowest BCUT2D eigenvalue weighted by Crippen LogP contribution is -2.46. The van der Waals surface area contributed by atoms with Crippen LogP contribution in [0, 0.1) is 5.92 Å². The van der Waals surface area contributed by atoms with Gasteiger partial charge in [-0.15, -0.1) is 0 Å². The Morgan fingerprint density at radius 3 is 2.75 bits per heavy atom. The summed E-state index contributed by atoms with van der Waals surface area (Å²) in [4.78, 5) is 37.8. The van der Waals surface area contributed by atoms with Gasteiger partial charge in [-0.1, -0.05) is 6.42 Å². The number of aromatic nitrogens is 3. The van der Waals surface area contributed by atoms with Crippen LogP contribution in [-0.4, -0.2) is 69.5 Å². The molecule has 1 aliphatic carbocycles. The summed E-state index contributed by atoms with van der Waals surface area (Å²) in [5.41, 5.74) is 2.73. The molecule has 0 atom stereocenters. The molecule has 11 nitrogen and oxygen atoms in total. The van der Waals surface area contributed by atoms with Crippen molar-refractivity contribution in [2.75, 3.05) is 26.5 Å². The number of amides is 2. The van der Waals surface area contributed by atoms with Crippen molar-refractivity contribution in [2.45, 2.75) is 38.1 Å². The number of H-pyrrole nitrogens is 1. The van der Waals surface area contributed by atoms with Crippen LogP contribution in [0.3, 0.4) is 0 Å². The summed E-state index contributed by atoms with van der Waals surface area (Å²) >= 11 is 0. The third-order valence-corrected chi connectivity index (χ3v) is 7.25. The molecule has 0 unspecified atom stereocenters. The molecule has 3 aromatic rings. The molecule has 1 saturated heterocycles. The quantitative estimate of drug-likeness (QED) is 0.475. The summed E-state index contributed by atoms with van der Waals surface area (Å²) in [5, 5.41) is 12.2. The Kier molecular flexibility index (Phi) is 5.74. The third-order valence-electron chi connectivity index (χ3n) is 7.25. The van der Waals surface area contributed by atoms with Gasteiger partial charge in [-0.05, 0) is 43.7 Å². The Bertz CT molecular complexity index is 1310. The molecule has 1 saturated carbocycles. The average molecular weight is 494 g/mol. The van der Waals surface area contributed by atoms with Crippen LogP contribution in [0.15, 0.2) is 24.7 Å². The summed E-state index contributed by atoms with van der Waals surface area (Å²) in [6.07, 6.45) is 6.83. The Labute approximate surface area is 206 Å². The zero-order chi connectivity index (χ0) is 24.6. The van der Waals surface area contributed by atoms with Crippen molar-refractivity contribution in [3.05, 3.63) is 30.2 Å². The molecular weight excluding hydrogens is 466 g/mol. The highest BCUT2D eigenvalue weighted by Gasteiger charge is 2.29. The normalized spacial score (nSPS) is 17.7. The average Bonchev–Trinajstić information content (AvgIpc) is 3.50. The molecule has 4 heterocycles. The van der Waals surface area contributed by atoms with E-state index in [0.717, 1.165) is 0 Å². The first-order chi connectivity index (χ1) is 17.6. The number of hydrogen-bond acceptors (Lipinski definition) is 7. The van der Waals surface area contributed by atoms with Gasteiger partial charge in [0.2, 0.25) is 6.79 Å². The molecule has 2 aromatic heterocycles. The van der Waals surface area contributed by atoms with Gasteiger partial charge in [-0.2, -0.15) is 0 Å². The molecule has 2 fully saturated rings. The summed E-state index contributed by atoms with van der Waals surface area (Å²) in [5.74, 6) is 2.12. The topological polar surface area (TPSA) is 139 Å². The van der Waals surface area contributed by atoms with Crippen molar-refractivity contribution in [2.24, 2.45) is 5.92 Å². The highest BCUT2D eigenvalue weighted by molar-refractivity contribution is 6.08. The van der Waals surface area contributed by atoms with E-state index < -0.39 is 6.09 Å². The lowest BCUT2D eigenvalue weighted by atomic mass is 9.86. The smallest absolute Gasteiger partial charge is 0.407 e. The van der Waals surface area contributed by atoms with E-state index in [2.05, 4.69) is 20.3 Å². The molecule has 0 bridgehead atoms. The fourth-order valence-electron chi connectivity index (χ4n) is 4.95. The maximum Gasteiger partial charge on any atom is 0.407 e. The van der Waals surface area contributed by atoms with Gasteiger partial charge in [0.05, 0.1) is 23.3 Å². The van der Waals surface area contributed by atoms with Crippen molar-refractivity contribution in [1.82, 2.24) is 25.2 Å². The van der Waals surface area contributed by atoms with E-state index in [1.165, 1.54) is 30.5 Å². The number of rotatable bonds is 6. The monoisotopic (exact) mass is 493 g/mol. The van der Waals surface area contributed by atoms with Gasteiger partial charge in [0.15, 0.2) is 11.5 Å². The van der Waals surface area contributed by atoms with Crippen LogP contribution in [0.25, 0.3) is 22.3 Å². The molecule has 188 valence electrons. The van der Waals surface area contributed by atoms with Crippen molar-refractivity contribution in [3.8, 4) is 28.5 Å². The van der Waals surface area contributed by atoms with E-state index in [1.807, 2.05) is 12.1 Å². The van der Waals surface area contributed by atoms with Crippen LogP contribution in [0.2, 0.25) is 0 Å². The number of likely N-dealkylation sites (tertiary alicyclic amines) is 1. The van der Waals surface area contributed by atoms with E-state index in [1.54, 1.807) is 6.20 Å². The Hall–Kier alpha value is -4.02. The zero-order valence-electron chi connectivity index (χ0n) is 19.7. The highest BCUT2D eigenvalue weighted by Crippen LogP contribution is 2.48. The number of nitrogens with one attached hydrogen (secondary N) is 2. The number of ether oxygens (including phenoxy) is 3. The third kappa shape index (κ3) is 4.04. The minimum absolute atomic E-state index is 0.103. The molecule has 6 rings (SSSR count). The van der Waals surface area contributed by atoms with Crippen LogP contribution in [0.4, 0.5) is 4.79 Å². The van der Waals surface area contributed by atoms with Gasteiger partial charge in [0, 0.05) is 25.3 Å². The summed E-state index contributed by atoms with van der Waals surface area (Å²) in [7, 11) is 0. The number of hydrogen-bond donors (Lipinski definition) is 3. The fourth-order valence-corrected chi connectivity index (χ4v) is 4.95. The zero-order valence-corrected chi connectivity index (χ0v) is 19.7. The van der Waals surface area contributed by atoms with Crippen LogP contribution in [0.1, 0.15) is 42.5 Å². The summed E-state index contributed by atoms with van der Waals surface area (Å²) in [6.45, 7) is 1.53. The Morgan fingerprint density at radius 2 is 2.00 bits per heavy atom. The Morgan fingerprint density at radius 1 is 1.17 bits per heavy atom. The number of carbonyl (C=O) groups excluding carboxylic acids is 1. The summed E-state index contributed by atoms with van der Waals surface area (Å²) < 4.78 is 17.6. The SMILES string of the molecule is O=C(NC1CCN(C(=O)O)CC1)c1c[nH]c2c(-c3c(OCC4CCC4)ccc4c3OCO4)ncnc12. The molecule has 2 aliphatic heterocycles. The van der Waals surface area contributed by atoms with Crippen LogP contribution < -0.4 is 19.5 Å². The number of aromatic amines is 1. The van der Waals surface area contributed by atoms with E-state index >= 15 is 0 Å². The minimum atomic E-state index is -0.932. The number of fused-ring (bicyclic) bond motifs is 2. The first-order valence-corrected chi connectivity index (χ1v) is 12.2. The second kappa shape index (κ2) is 9.21. The number of piperidine rings is 1. The van der Waals surface area contributed by atoms with Gasteiger partial charge < -0.3 is 34.5 Å². The van der Waals surface area contributed by atoms with Crippen molar-refractivity contribution < 1.29 is 28.9 Å². The predicted molar refractivity (Wildman–Crippen MR) is 128 cm³/mol. The minimum Gasteiger partial charge on any atom is -0.492 e. The number of nitrogens with zero attached hydrogens (tertiary/aromatic N) is 3. The van der Waals surface area contributed by atoms with E-state index in [0.29, 0.717) is 83.6 Å². The van der Waals surface area contributed by atoms with E-state index in [4.69, 9.17) is 19.3 Å². The van der Waals surface area contributed by atoms with Crippen molar-refractivity contribution in [1.29, 1.82) is 0 Å². The van der Waals surface area contributed by atoms with Gasteiger partial charge in [0.1, 0.15) is 23.3 Å². The molecule has 3 aliphatic rings. The van der Waals surface area contributed by atoms with Crippen LogP contribution in [0.5, 0.6) is 17.2 Å². The molecule has 11 heteroatoms. The van der Waals surface area contributed by atoms with E-state index in [-0.39, 0.29) is 18.7 Å². The van der Waals surface area contributed by atoms with E-state index in [9.17, 15) is 9.59 Å². The molecule has 0 spiro atoms. The van der Waals surface area contributed by atoms with Gasteiger partial charge in [-0.25, -0.2) is 14.8 Å². The molecule has 1 aromatic carbocycles. The van der Waals surface area contributed by atoms with Crippen LogP contribution in [-0.2, 0) is 0 Å². The predicted octanol–water partition coefficient (Wildman–Crippen LogP) is 3.40. The second-order valence-corrected chi connectivity index (χ2v) is 9.45. The first-order valence-electron chi connectivity index (χ1n) is 12.2. The molecular formula is C25H27N5O6. The number of carbonyl (C=O) groups is 2. The molecule has 36 heavy (non-hydrogen) atoms. The summed E-state index contributed by atoms with van der Waals surface area (Å²) in [6, 6.07) is 3.60. The molecule has 3 N–H and O–H groups in total. The van der Waals surface area contributed by atoms with Crippen molar-refractivity contribution >= 4 is 23.0 Å². The highest BCUT2D eigenvalue weighted by atomic mass is 16.7. The van der Waals surface area contributed by atoms with Crippen LogP contribution >= 0.6 is 0 Å². The van der Waals surface area contributed by atoms with Gasteiger partial charge in [0.25, 0.3) is 5.91 Å². The van der Waals surface area contributed by atoms with Gasteiger partial charge in [-0.3, -0.25) is 4.79 Å². The maximum absolute atomic E-state index is 13.1. The molecule has 0 radical (unpaired) electrons. The van der Waals surface area contributed by atoms with Gasteiger partial charge >= 0.3 is 6.09 Å². The fraction of sp³-hybridized carbons (Fsp3) is 0.440. The first kappa shape index (κ1) is 22.4. The second-order valence-electron chi connectivity index (χ2n) is 9.45.